The summed E-state index contributed by atoms with van der Waals surface area (Å²) < 4.78 is 27.2. The summed E-state index contributed by atoms with van der Waals surface area (Å²) in [5, 5.41) is 18.7. The molecule has 0 saturated heterocycles. The van der Waals surface area contributed by atoms with E-state index in [0.717, 1.165) is 6.07 Å². The van der Waals surface area contributed by atoms with Gasteiger partial charge in [0.1, 0.15) is 5.69 Å². The van der Waals surface area contributed by atoms with Gasteiger partial charge >= 0.3 is 0 Å². The lowest BCUT2D eigenvalue weighted by Gasteiger charge is -2.14. The molecule has 0 aromatic heterocycles. The van der Waals surface area contributed by atoms with Gasteiger partial charge in [-0.25, -0.2) is 13.6 Å². The van der Waals surface area contributed by atoms with Crippen molar-refractivity contribution in [1.29, 1.82) is 0 Å². The zero-order chi connectivity index (χ0) is 14.6. The fourth-order valence-electron chi connectivity index (χ4n) is 1.52. The smallest absolute Gasteiger partial charge is 0.293 e. The van der Waals surface area contributed by atoms with E-state index in [2.05, 4.69) is 5.32 Å². The molecular weight excluding hydrogens is 274 g/mol. The number of hydrogen-bond acceptors (Lipinski definition) is 6. The van der Waals surface area contributed by atoms with Crippen LogP contribution in [0.15, 0.2) is 23.1 Å². The molecule has 0 aliphatic rings. The topological polar surface area (TPSA) is 125 Å². The van der Waals surface area contributed by atoms with E-state index < -0.39 is 14.9 Å². The van der Waals surface area contributed by atoms with Crippen LogP contribution in [0.5, 0.6) is 0 Å². The highest BCUT2D eigenvalue weighted by Gasteiger charge is 2.19. The Morgan fingerprint density at radius 3 is 2.63 bits per heavy atom. The molecule has 0 saturated carbocycles. The van der Waals surface area contributed by atoms with Crippen LogP contribution >= 0.6 is 0 Å². The SMILES string of the molecule is COCC(C)Nc1ccc(S(N)(=O)=O)cc1[N+](=O)[O-]. The molecule has 0 aliphatic heterocycles. The lowest BCUT2D eigenvalue weighted by Crippen LogP contribution is -2.21. The zero-order valence-corrected chi connectivity index (χ0v) is 11.3. The Morgan fingerprint density at radius 2 is 2.16 bits per heavy atom. The van der Waals surface area contributed by atoms with E-state index in [-0.39, 0.29) is 22.3 Å². The van der Waals surface area contributed by atoms with Gasteiger partial charge in [-0.15, -0.1) is 0 Å². The maximum absolute atomic E-state index is 11.2. The van der Waals surface area contributed by atoms with Crippen molar-refractivity contribution in [2.75, 3.05) is 19.0 Å². The number of methoxy groups -OCH3 is 1. The zero-order valence-electron chi connectivity index (χ0n) is 10.5. The third kappa shape index (κ3) is 4.16. The Hall–Kier alpha value is -1.71. The monoisotopic (exact) mass is 289 g/mol. The summed E-state index contributed by atoms with van der Waals surface area (Å²) >= 11 is 0. The molecule has 0 aliphatic carbocycles. The first-order valence-corrected chi connectivity index (χ1v) is 6.87. The number of nitrogens with one attached hydrogen (secondary N) is 1. The first-order valence-electron chi connectivity index (χ1n) is 5.32. The molecule has 0 fully saturated rings. The molecule has 1 unspecified atom stereocenters. The summed E-state index contributed by atoms with van der Waals surface area (Å²) in [7, 11) is -2.46. The van der Waals surface area contributed by atoms with E-state index in [1.807, 2.05) is 0 Å². The molecule has 19 heavy (non-hydrogen) atoms. The van der Waals surface area contributed by atoms with Gasteiger partial charge in [-0.05, 0) is 19.1 Å². The van der Waals surface area contributed by atoms with Crippen LogP contribution in [-0.4, -0.2) is 33.1 Å². The van der Waals surface area contributed by atoms with Crippen LogP contribution in [0.25, 0.3) is 0 Å². The minimum absolute atomic E-state index is 0.163. The fraction of sp³-hybridized carbons (Fsp3) is 0.400. The van der Waals surface area contributed by atoms with Crippen LogP contribution in [-0.2, 0) is 14.8 Å². The first kappa shape index (κ1) is 15.3. The summed E-state index contributed by atoms with van der Waals surface area (Å²) in [6.45, 7) is 2.13. The Bertz CT molecular complexity index is 573. The molecule has 9 heteroatoms. The van der Waals surface area contributed by atoms with E-state index in [1.54, 1.807) is 6.92 Å². The Morgan fingerprint density at radius 1 is 1.53 bits per heavy atom. The molecule has 106 valence electrons. The van der Waals surface area contributed by atoms with Crippen LogP contribution in [0, 0.1) is 10.1 Å². The number of anilines is 1. The van der Waals surface area contributed by atoms with Gasteiger partial charge in [-0.2, -0.15) is 0 Å². The third-order valence-electron chi connectivity index (χ3n) is 2.31. The highest BCUT2D eigenvalue weighted by molar-refractivity contribution is 7.89. The van der Waals surface area contributed by atoms with Crippen LogP contribution in [0.3, 0.4) is 0 Å². The number of sulfonamides is 1. The van der Waals surface area contributed by atoms with Crippen molar-refractivity contribution in [3.63, 3.8) is 0 Å². The van der Waals surface area contributed by atoms with Crippen molar-refractivity contribution in [2.45, 2.75) is 17.9 Å². The number of nitro benzene ring substituents is 1. The summed E-state index contributed by atoms with van der Waals surface area (Å²) in [6.07, 6.45) is 0. The number of primary sulfonamides is 1. The maximum Gasteiger partial charge on any atom is 0.293 e. The van der Waals surface area contributed by atoms with Gasteiger partial charge in [0.2, 0.25) is 10.0 Å². The van der Waals surface area contributed by atoms with Gasteiger partial charge in [0.25, 0.3) is 5.69 Å². The van der Waals surface area contributed by atoms with Crippen molar-refractivity contribution in [3.05, 3.63) is 28.3 Å². The summed E-state index contributed by atoms with van der Waals surface area (Å²) in [6, 6.07) is 3.29. The molecule has 0 spiro atoms. The second-order valence-corrected chi connectivity index (χ2v) is 5.54. The molecule has 0 bridgehead atoms. The number of nitro groups is 1. The first-order chi connectivity index (χ1) is 8.75. The maximum atomic E-state index is 11.2. The molecule has 1 rings (SSSR count). The number of rotatable bonds is 6. The average Bonchev–Trinajstić information content (AvgIpc) is 2.27. The highest BCUT2D eigenvalue weighted by atomic mass is 32.2. The van der Waals surface area contributed by atoms with Gasteiger partial charge in [0, 0.05) is 19.2 Å². The number of hydrogen-bond donors (Lipinski definition) is 2. The largest absolute Gasteiger partial charge is 0.383 e. The molecule has 1 aromatic carbocycles. The predicted molar refractivity (Wildman–Crippen MR) is 69.4 cm³/mol. The molecule has 3 N–H and O–H groups in total. The number of nitrogens with two attached hydrogens (primary N) is 1. The van der Waals surface area contributed by atoms with Gasteiger partial charge in [-0.3, -0.25) is 10.1 Å². The molecule has 8 nitrogen and oxygen atoms in total. The van der Waals surface area contributed by atoms with Crippen LogP contribution in [0.2, 0.25) is 0 Å². The predicted octanol–water partition coefficient (Wildman–Crippen LogP) is 0.689. The van der Waals surface area contributed by atoms with Crippen molar-refractivity contribution in [2.24, 2.45) is 5.14 Å². The molecule has 0 amide bonds. The highest BCUT2D eigenvalue weighted by Crippen LogP contribution is 2.27. The fourth-order valence-corrected chi connectivity index (χ4v) is 2.05. The van der Waals surface area contributed by atoms with E-state index in [1.165, 1.54) is 19.2 Å². The summed E-state index contributed by atoms with van der Waals surface area (Å²) in [5.74, 6) is 0. The number of nitrogens with zero attached hydrogens (tertiary/aromatic N) is 1. The summed E-state index contributed by atoms with van der Waals surface area (Å²) in [4.78, 5) is 9.97. The van der Waals surface area contributed by atoms with Crippen LogP contribution in [0.4, 0.5) is 11.4 Å². The van der Waals surface area contributed by atoms with Gasteiger partial charge in [0.15, 0.2) is 0 Å². The lowest BCUT2D eigenvalue weighted by molar-refractivity contribution is -0.384. The van der Waals surface area contributed by atoms with E-state index in [9.17, 15) is 18.5 Å². The van der Waals surface area contributed by atoms with Gasteiger partial charge in [-0.1, -0.05) is 0 Å². The van der Waals surface area contributed by atoms with E-state index in [4.69, 9.17) is 9.88 Å². The molecular formula is C10H15N3O5S. The Balaban J connectivity index is 3.16. The van der Waals surface area contributed by atoms with Crippen molar-refractivity contribution in [1.82, 2.24) is 0 Å². The third-order valence-corrected chi connectivity index (χ3v) is 3.22. The van der Waals surface area contributed by atoms with Crippen molar-refractivity contribution >= 4 is 21.4 Å². The average molecular weight is 289 g/mol. The van der Waals surface area contributed by atoms with E-state index >= 15 is 0 Å². The molecule has 1 aromatic rings. The standard InChI is InChI=1S/C10H15N3O5S/c1-7(6-18-2)12-9-4-3-8(19(11,16)17)5-10(9)13(14)15/h3-5,7,12H,6H2,1-2H3,(H2,11,16,17). The minimum Gasteiger partial charge on any atom is -0.383 e. The Labute approximate surface area is 110 Å². The second-order valence-electron chi connectivity index (χ2n) is 3.98. The van der Waals surface area contributed by atoms with E-state index in [0.29, 0.717) is 6.61 Å². The Kier molecular flexibility index (Phi) is 4.81. The minimum atomic E-state index is -3.97. The van der Waals surface area contributed by atoms with Gasteiger partial charge in [0.05, 0.1) is 16.4 Å². The normalized spacial score (nSPS) is 13.0. The molecule has 1 atom stereocenters. The molecule has 0 heterocycles. The molecule has 0 radical (unpaired) electrons. The summed E-state index contributed by atoms with van der Waals surface area (Å²) in [5.41, 5.74) is -0.142. The number of benzene rings is 1. The second kappa shape index (κ2) is 5.95. The lowest BCUT2D eigenvalue weighted by atomic mass is 10.2. The quantitative estimate of drug-likeness (QED) is 0.586. The van der Waals surface area contributed by atoms with Crippen LogP contribution < -0.4 is 10.5 Å². The van der Waals surface area contributed by atoms with Crippen molar-refractivity contribution in [3.8, 4) is 0 Å². The van der Waals surface area contributed by atoms with Gasteiger partial charge < -0.3 is 10.1 Å². The number of ether oxygens (including phenoxy) is 1. The van der Waals surface area contributed by atoms with Crippen molar-refractivity contribution < 1.29 is 18.1 Å². The van der Waals surface area contributed by atoms with Crippen LogP contribution in [0.1, 0.15) is 6.92 Å².